The lowest BCUT2D eigenvalue weighted by molar-refractivity contribution is -0.124. The molecule has 1 fully saturated rings. The van der Waals surface area contributed by atoms with Crippen LogP contribution in [0, 0.1) is 5.92 Å². The van der Waals surface area contributed by atoms with Crippen LogP contribution in [0.1, 0.15) is 31.4 Å². The van der Waals surface area contributed by atoms with E-state index in [9.17, 15) is 14.7 Å². The number of aromatic hydroxyl groups is 1. The summed E-state index contributed by atoms with van der Waals surface area (Å²) in [5.74, 6) is 0.239. The Balaban J connectivity index is 1.46. The SMILES string of the molecule is CCOc1ccccc1NC(=O)C(c1ccccc1)N1CCC(C(=O)Nc2ccccc2O)CC1. The molecule has 3 N–H and O–H groups in total. The Morgan fingerprint density at radius 2 is 1.54 bits per heavy atom. The summed E-state index contributed by atoms with van der Waals surface area (Å²) in [6.45, 7) is 3.61. The third-order valence-electron chi connectivity index (χ3n) is 6.24. The molecule has 1 heterocycles. The molecule has 1 aliphatic rings. The Hall–Kier alpha value is -3.84. The number of hydrogen-bond donors (Lipinski definition) is 3. The Morgan fingerprint density at radius 1 is 0.914 bits per heavy atom. The van der Waals surface area contributed by atoms with Crippen LogP contribution >= 0.6 is 0 Å². The smallest absolute Gasteiger partial charge is 0.246 e. The van der Waals surface area contributed by atoms with Gasteiger partial charge < -0.3 is 20.5 Å². The van der Waals surface area contributed by atoms with Crippen molar-refractivity contribution in [2.24, 2.45) is 5.92 Å². The zero-order valence-corrected chi connectivity index (χ0v) is 19.8. The van der Waals surface area contributed by atoms with Gasteiger partial charge in [0.2, 0.25) is 11.8 Å². The zero-order valence-electron chi connectivity index (χ0n) is 19.8. The maximum absolute atomic E-state index is 13.5. The molecule has 1 aliphatic heterocycles. The van der Waals surface area contributed by atoms with E-state index < -0.39 is 6.04 Å². The van der Waals surface area contributed by atoms with E-state index in [4.69, 9.17) is 4.74 Å². The van der Waals surface area contributed by atoms with Crippen molar-refractivity contribution in [3.8, 4) is 11.5 Å². The van der Waals surface area contributed by atoms with Crippen LogP contribution in [0.3, 0.4) is 0 Å². The molecule has 7 heteroatoms. The number of piperidine rings is 1. The molecule has 0 aliphatic carbocycles. The lowest BCUT2D eigenvalue weighted by atomic mass is 9.93. The second-order valence-electron chi connectivity index (χ2n) is 8.55. The summed E-state index contributed by atoms with van der Waals surface area (Å²) < 4.78 is 5.68. The van der Waals surface area contributed by atoms with Crippen LogP contribution in [-0.4, -0.2) is 41.5 Å². The molecule has 7 nitrogen and oxygen atoms in total. The lowest BCUT2D eigenvalue weighted by Gasteiger charge is -2.36. The highest BCUT2D eigenvalue weighted by Crippen LogP contribution is 2.31. The van der Waals surface area contributed by atoms with E-state index in [-0.39, 0.29) is 23.5 Å². The van der Waals surface area contributed by atoms with Gasteiger partial charge in [-0.05, 0) is 62.7 Å². The highest BCUT2D eigenvalue weighted by molar-refractivity contribution is 5.97. The van der Waals surface area contributed by atoms with Crippen LogP contribution in [0.2, 0.25) is 0 Å². The Kier molecular flexibility index (Phi) is 8.00. The molecule has 0 radical (unpaired) electrons. The average molecular weight is 474 g/mol. The molecule has 2 amide bonds. The van der Waals surface area contributed by atoms with Gasteiger partial charge >= 0.3 is 0 Å². The first-order valence-electron chi connectivity index (χ1n) is 12.0. The van der Waals surface area contributed by atoms with Crippen molar-refractivity contribution in [1.29, 1.82) is 0 Å². The van der Waals surface area contributed by atoms with Crippen LogP contribution in [0.25, 0.3) is 0 Å². The van der Waals surface area contributed by atoms with Gasteiger partial charge in [-0.15, -0.1) is 0 Å². The second kappa shape index (κ2) is 11.5. The highest BCUT2D eigenvalue weighted by atomic mass is 16.5. The van der Waals surface area contributed by atoms with Crippen molar-refractivity contribution in [2.45, 2.75) is 25.8 Å². The molecule has 0 spiro atoms. The van der Waals surface area contributed by atoms with Crippen molar-refractivity contribution in [3.05, 3.63) is 84.4 Å². The number of para-hydroxylation sites is 4. The molecule has 3 aromatic carbocycles. The lowest BCUT2D eigenvalue weighted by Crippen LogP contribution is -2.44. The van der Waals surface area contributed by atoms with Crippen molar-refractivity contribution >= 4 is 23.2 Å². The van der Waals surface area contributed by atoms with Crippen LogP contribution in [0.5, 0.6) is 11.5 Å². The molecule has 1 atom stereocenters. The molecule has 1 saturated heterocycles. The van der Waals surface area contributed by atoms with Gasteiger partial charge in [-0.25, -0.2) is 0 Å². The number of phenols is 1. The van der Waals surface area contributed by atoms with E-state index >= 15 is 0 Å². The molecule has 0 saturated carbocycles. The predicted octanol–water partition coefficient (Wildman–Crippen LogP) is 4.82. The number of carbonyl (C=O) groups is 2. The first-order chi connectivity index (χ1) is 17.1. The van der Waals surface area contributed by atoms with Crippen molar-refractivity contribution in [3.63, 3.8) is 0 Å². The number of hydrogen-bond acceptors (Lipinski definition) is 5. The summed E-state index contributed by atoms with van der Waals surface area (Å²) in [5, 5.41) is 15.8. The first kappa shape index (κ1) is 24.3. The topological polar surface area (TPSA) is 90.9 Å². The highest BCUT2D eigenvalue weighted by Gasteiger charge is 2.33. The van der Waals surface area contributed by atoms with Crippen LogP contribution in [0.15, 0.2) is 78.9 Å². The summed E-state index contributed by atoms with van der Waals surface area (Å²) in [4.78, 5) is 28.5. The molecule has 182 valence electrons. The quantitative estimate of drug-likeness (QED) is 0.408. The second-order valence-corrected chi connectivity index (χ2v) is 8.55. The van der Waals surface area contributed by atoms with Crippen LogP contribution in [-0.2, 0) is 9.59 Å². The van der Waals surface area contributed by atoms with Crippen LogP contribution in [0.4, 0.5) is 11.4 Å². The fraction of sp³-hybridized carbons (Fsp3) is 0.286. The molecular weight excluding hydrogens is 442 g/mol. The van der Waals surface area contributed by atoms with Crippen molar-refractivity contribution in [1.82, 2.24) is 4.90 Å². The minimum Gasteiger partial charge on any atom is -0.506 e. The van der Waals surface area contributed by atoms with E-state index in [0.29, 0.717) is 49.7 Å². The molecule has 4 rings (SSSR count). The summed E-state index contributed by atoms with van der Waals surface area (Å²) in [6, 6.07) is 23.3. The Morgan fingerprint density at radius 3 is 2.23 bits per heavy atom. The molecule has 3 aromatic rings. The van der Waals surface area contributed by atoms with E-state index in [1.54, 1.807) is 24.3 Å². The largest absolute Gasteiger partial charge is 0.506 e. The summed E-state index contributed by atoms with van der Waals surface area (Å²) in [5.41, 5.74) is 1.95. The van der Waals surface area contributed by atoms with E-state index in [2.05, 4.69) is 15.5 Å². The molecule has 1 unspecified atom stereocenters. The van der Waals surface area contributed by atoms with Crippen molar-refractivity contribution in [2.75, 3.05) is 30.3 Å². The number of nitrogens with zero attached hydrogens (tertiary/aromatic N) is 1. The van der Waals surface area contributed by atoms with Gasteiger partial charge in [0, 0.05) is 5.92 Å². The average Bonchev–Trinajstić information content (AvgIpc) is 2.88. The van der Waals surface area contributed by atoms with Gasteiger partial charge in [-0.1, -0.05) is 54.6 Å². The van der Waals surface area contributed by atoms with Gasteiger partial charge in [0.05, 0.1) is 18.0 Å². The van der Waals surface area contributed by atoms with Gasteiger partial charge in [0.15, 0.2) is 0 Å². The standard InChI is InChI=1S/C28H31N3O4/c1-2-35-25-15-9-7-13-23(25)30-28(34)26(20-10-4-3-5-11-20)31-18-16-21(17-19-31)27(33)29-22-12-6-8-14-24(22)32/h3-15,21,26,32H,2,16-19H2,1H3,(H,29,33)(H,30,34). The molecule has 0 aromatic heterocycles. The summed E-state index contributed by atoms with van der Waals surface area (Å²) in [7, 11) is 0. The summed E-state index contributed by atoms with van der Waals surface area (Å²) in [6.07, 6.45) is 1.23. The minimum atomic E-state index is -0.493. The minimum absolute atomic E-state index is 0.0476. The number of nitrogens with one attached hydrogen (secondary N) is 2. The van der Waals surface area contributed by atoms with Gasteiger partial charge in [0.25, 0.3) is 0 Å². The van der Waals surface area contributed by atoms with E-state index in [0.717, 1.165) is 5.56 Å². The first-order valence-corrected chi connectivity index (χ1v) is 12.0. The van der Waals surface area contributed by atoms with Crippen molar-refractivity contribution < 1.29 is 19.4 Å². The number of likely N-dealkylation sites (tertiary alicyclic amines) is 1. The predicted molar refractivity (Wildman–Crippen MR) is 136 cm³/mol. The fourth-order valence-electron chi connectivity index (χ4n) is 4.45. The number of phenolic OH excluding ortho intramolecular Hbond substituents is 1. The third-order valence-corrected chi connectivity index (χ3v) is 6.24. The summed E-state index contributed by atoms with van der Waals surface area (Å²) >= 11 is 0. The molecule has 0 bridgehead atoms. The van der Waals surface area contributed by atoms with Crippen LogP contribution < -0.4 is 15.4 Å². The normalized spacial score (nSPS) is 15.2. The molecular formula is C28H31N3O4. The zero-order chi connectivity index (χ0) is 24.6. The van der Waals surface area contributed by atoms with Gasteiger partial charge in [-0.3, -0.25) is 14.5 Å². The van der Waals surface area contributed by atoms with E-state index in [1.165, 1.54) is 0 Å². The Bertz CT molecular complexity index is 1140. The number of anilines is 2. The third kappa shape index (κ3) is 6.00. The van der Waals surface area contributed by atoms with Gasteiger partial charge in [0.1, 0.15) is 17.5 Å². The van der Waals surface area contributed by atoms with E-state index in [1.807, 2.05) is 61.5 Å². The number of ether oxygens (including phenoxy) is 1. The maximum Gasteiger partial charge on any atom is 0.246 e. The number of rotatable bonds is 8. The number of benzene rings is 3. The Labute approximate surface area is 205 Å². The fourth-order valence-corrected chi connectivity index (χ4v) is 4.45. The number of carbonyl (C=O) groups excluding carboxylic acids is 2. The monoisotopic (exact) mass is 473 g/mol. The maximum atomic E-state index is 13.5. The van der Waals surface area contributed by atoms with Gasteiger partial charge in [-0.2, -0.15) is 0 Å². The molecule has 35 heavy (non-hydrogen) atoms. The number of amides is 2.